The third-order valence-electron chi connectivity index (χ3n) is 2.11. The smallest absolute Gasteiger partial charge is 0.240 e. The average Bonchev–Trinajstić information content (AvgIpc) is 2.80. The van der Waals surface area contributed by atoms with E-state index >= 15 is 0 Å². The molecule has 0 fully saturated rings. The fourth-order valence-electron chi connectivity index (χ4n) is 1.23. The van der Waals surface area contributed by atoms with Gasteiger partial charge in [0.25, 0.3) is 0 Å². The molecule has 1 heterocycles. The molecule has 7 heteroatoms. The van der Waals surface area contributed by atoms with Gasteiger partial charge in [-0.2, -0.15) is 0 Å². The molecule has 0 saturated heterocycles. The summed E-state index contributed by atoms with van der Waals surface area (Å²) in [6.45, 7) is 0.247. The molecule has 2 rings (SSSR count). The largest absolute Gasteiger partial charge is 0.399 e. The SMILES string of the molecule is Nc1ccc(S(=O)(=O)NCc2cncs2)cc1. The molecular formula is C10H11N3O2S2. The van der Waals surface area contributed by atoms with Crippen molar-refractivity contribution in [2.24, 2.45) is 0 Å². The molecule has 0 aliphatic rings. The van der Waals surface area contributed by atoms with E-state index in [9.17, 15) is 8.42 Å². The summed E-state index contributed by atoms with van der Waals surface area (Å²) >= 11 is 1.40. The van der Waals surface area contributed by atoms with E-state index in [0.717, 1.165) is 4.88 Å². The molecular weight excluding hydrogens is 258 g/mol. The van der Waals surface area contributed by atoms with Gasteiger partial charge in [0.2, 0.25) is 10.0 Å². The number of benzene rings is 1. The van der Waals surface area contributed by atoms with Crippen molar-refractivity contribution >= 4 is 27.0 Å². The zero-order valence-electron chi connectivity index (χ0n) is 8.83. The highest BCUT2D eigenvalue weighted by Gasteiger charge is 2.13. The van der Waals surface area contributed by atoms with Crippen LogP contribution < -0.4 is 10.5 Å². The molecule has 0 amide bonds. The predicted molar refractivity (Wildman–Crippen MR) is 67.0 cm³/mol. The molecule has 3 N–H and O–H groups in total. The highest BCUT2D eigenvalue weighted by Crippen LogP contribution is 2.12. The van der Waals surface area contributed by atoms with E-state index in [1.54, 1.807) is 23.8 Å². The predicted octanol–water partition coefficient (Wildman–Crippen LogP) is 1.20. The Hall–Kier alpha value is -1.44. The maximum atomic E-state index is 11.9. The number of hydrogen-bond acceptors (Lipinski definition) is 5. The first-order valence-corrected chi connectivity index (χ1v) is 7.17. The topological polar surface area (TPSA) is 85.1 Å². The Morgan fingerprint density at radius 1 is 1.29 bits per heavy atom. The number of nitrogens with two attached hydrogens (primary N) is 1. The van der Waals surface area contributed by atoms with E-state index < -0.39 is 10.0 Å². The molecule has 17 heavy (non-hydrogen) atoms. The zero-order valence-corrected chi connectivity index (χ0v) is 10.5. The van der Waals surface area contributed by atoms with Crippen LogP contribution in [0.1, 0.15) is 4.88 Å². The normalized spacial score (nSPS) is 11.5. The third-order valence-corrected chi connectivity index (χ3v) is 4.31. The Labute approximate surface area is 103 Å². The molecule has 0 atom stereocenters. The number of rotatable bonds is 4. The van der Waals surface area contributed by atoms with Gasteiger partial charge in [-0.15, -0.1) is 11.3 Å². The number of sulfonamides is 1. The zero-order chi connectivity index (χ0) is 12.3. The van der Waals surface area contributed by atoms with Gasteiger partial charge in [-0.3, -0.25) is 4.98 Å². The van der Waals surface area contributed by atoms with Gasteiger partial charge in [-0.05, 0) is 24.3 Å². The van der Waals surface area contributed by atoms with Crippen LogP contribution >= 0.6 is 11.3 Å². The molecule has 0 aliphatic heterocycles. The summed E-state index contributed by atoms with van der Waals surface area (Å²) < 4.78 is 26.2. The van der Waals surface area contributed by atoms with E-state index in [1.165, 1.54) is 23.5 Å². The van der Waals surface area contributed by atoms with Crippen LogP contribution in [-0.4, -0.2) is 13.4 Å². The fraction of sp³-hybridized carbons (Fsp3) is 0.100. The minimum Gasteiger partial charge on any atom is -0.399 e. The standard InChI is InChI=1S/C10H11N3O2S2/c11-8-1-3-10(4-2-8)17(14,15)13-6-9-5-12-7-16-9/h1-5,7,13H,6,11H2. The summed E-state index contributed by atoms with van der Waals surface area (Å²) in [5.74, 6) is 0. The van der Waals surface area contributed by atoms with Crippen LogP contribution in [0.2, 0.25) is 0 Å². The van der Waals surface area contributed by atoms with Crippen molar-refractivity contribution in [2.45, 2.75) is 11.4 Å². The quantitative estimate of drug-likeness (QED) is 0.817. The van der Waals surface area contributed by atoms with Crippen LogP contribution in [-0.2, 0) is 16.6 Å². The number of aromatic nitrogens is 1. The lowest BCUT2D eigenvalue weighted by atomic mass is 10.3. The monoisotopic (exact) mass is 269 g/mol. The lowest BCUT2D eigenvalue weighted by Crippen LogP contribution is -2.22. The van der Waals surface area contributed by atoms with Crippen molar-refractivity contribution in [1.82, 2.24) is 9.71 Å². The van der Waals surface area contributed by atoms with Crippen LogP contribution in [0.3, 0.4) is 0 Å². The van der Waals surface area contributed by atoms with Gasteiger partial charge in [-0.25, -0.2) is 13.1 Å². The molecule has 90 valence electrons. The second-order valence-corrected chi connectivity index (χ2v) is 6.10. The van der Waals surface area contributed by atoms with Gasteiger partial charge in [0, 0.05) is 23.3 Å². The molecule has 2 aromatic rings. The molecule has 0 unspecified atom stereocenters. The Bertz CT molecular complexity index is 577. The molecule has 0 spiro atoms. The van der Waals surface area contributed by atoms with E-state index in [-0.39, 0.29) is 11.4 Å². The first-order valence-electron chi connectivity index (χ1n) is 4.80. The van der Waals surface area contributed by atoms with E-state index in [2.05, 4.69) is 9.71 Å². The summed E-state index contributed by atoms with van der Waals surface area (Å²) in [4.78, 5) is 4.94. The Morgan fingerprint density at radius 2 is 2.00 bits per heavy atom. The van der Waals surface area contributed by atoms with E-state index in [0.29, 0.717) is 5.69 Å². The van der Waals surface area contributed by atoms with Crippen LogP contribution in [0.25, 0.3) is 0 Å². The molecule has 0 radical (unpaired) electrons. The Balaban J connectivity index is 2.11. The van der Waals surface area contributed by atoms with Crippen molar-refractivity contribution in [3.05, 3.63) is 40.8 Å². The van der Waals surface area contributed by atoms with Gasteiger partial charge in [-0.1, -0.05) is 0 Å². The van der Waals surface area contributed by atoms with Crippen molar-refractivity contribution < 1.29 is 8.42 Å². The number of nitrogens with zero attached hydrogens (tertiary/aromatic N) is 1. The summed E-state index contributed by atoms with van der Waals surface area (Å²) in [5.41, 5.74) is 7.69. The maximum absolute atomic E-state index is 11.9. The minimum absolute atomic E-state index is 0.205. The van der Waals surface area contributed by atoms with Gasteiger partial charge >= 0.3 is 0 Å². The highest BCUT2D eigenvalue weighted by molar-refractivity contribution is 7.89. The van der Waals surface area contributed by atoms with Crippen LogP contribution in [0.15, 0.2) is 40.9 Å². The fourth-order valence-corrected chi connectivity index (χ4v) is 2.86. The van der Waals surface area contributed by atoms with E-state index in [1.807, 2.05) is 0 Å². The Morgan fingerprint density at radius 3 is 2.59 bits per heavy atom. The number of thiazole rings is 1. The first-order chi connectivity index (χ1) is 8.08. The van der Waals surface area contributed by atoms with Crippen LogP contribution in [0.5, 0.6) is 0 Å². The van der Waals surface area contributed by atoms with E-state index in [4.69, 9.17) is 5.73 Å². The highest BCUT2D eigenvalue weighted by atomic mass is 32.2. The summed E-state index contributed by atoms with van der Waals surface area (Å²) in [7, 11) is -3.48. The molecule has 0 saturated carbocycles. The number of hydrogen-bond donors (Lipinski definition) is 2. The summed E-state index contributed by atoms with van der Waals surface area (Å²) in [6.07, 6.45) is 1.64. The second kappa shape index (κ2) is 4.82. The van der Waals surface area contributed by atoms with Gasteiger partial charge < -0.3 is 5.73 Å². The van der Waals surface area contributed by atoms with Gasteiger partial charge in [0.05, 0.1) is 10.4 Å². The third kappa shape index (κ3) is 3.02. The minimum atomic E-state index is -3.48. The van der Waals surface area contributed by atoms with Crippen LogP contribution in [0.4, 0.5) is 5.69 Å². The lowest BCUT2D eigenvalue weighted by Gasteiger charge is -2.05. The Kier molecular flexibility index (Phi) is 3.41. The summed E-state index contributed by atoms with van der Waals surface area (Å²) in [6, 6.07) is 6.07. The first kappa shape index (κ1) is 12.0. The molecule has 5 nitrogen and oxygen atoms in total. The molecule has 0 aliphatic carbocycles. The van der Waals surface area contributed by atoms with Crippen molar-refractivity contribution in [3.63, 3.8) is 0 Å². The molecule has 1 aromatic carbocycles. The van der Waals surface area contributed by atoms with Gasteiger partial charge in [0.1, 0.15) is 0 Å². The molecule has 0 bridgehead atoms. The van der Waals surface area contributed by atoms with Crippen molar-refractivity contribution in [1.29, 1.82) is 0 Å². The second-order valence-electron chi connectivity index (χ2n) is 3.36. The maximum Gasteiger partial charge on any atom is 0.240 e. The number of anilines is 1. The van der Waals surface area contributed by atoms with Gasteiger partial charge in [0.15, 0.2) is 0 Å². The summed E-state index contributed by atoms with van der Waals surface area (Å²) in [5, 5.41) is 0. The number of nitrogens with one attached hydrogen (secondary N) is 1. The van der Waals surface area contributed by atoms with Crippen molar-refractivity contribution in [2.75, 3.05) is 5.73 Å². The average molecular weight is 269 g/mol. The number of nitrogen functional groups attached to an aromatic ring is 1. The lowest BCUT2D eigenvalue weighted by molar-refractivity contribution is 0.582. The van der Waals surface area contributed by atoms with Crippen molar-refractivity contribution in [3.8, 4) is 0 Å². The molecule has 1 aromatic heterocycles. The van der Waals surface area contributed by atoms with Crippen LogP contribution in [0, 0.1) is 0 Å².